The van der Waals surface area contributed by atoms with Crippen molar-refractivity contribution in [3.63, 3.8) is 0 Å². The van der Waals surface area contributed by atoms with Gasteiger partial charge in [-0.25, -0.2) is 8.42 Å². The minimum atomic E-state index is -3.64. The largest absolute Gasteiger partial charge is 0.296 e. The number of hydrogen-bond acceptors (Lipinski definition) is 7. The van der Waals surface area contributed by atoms with E-state index in [1.807, 2.05) is 24.3 Å². The zero-order valence-corrected chi connectivity index (χ0v) is 17.2. The maximum absolute atomic E-state index is 13.0. The zero-order valence-electron chi connectivity index (χ0n) is 15.6. The summed E-state index contributed by atoms with van der Waals surface area (Å²) in [5.74, 6) is -0.379. The summed E-state index contributed by atoms with van der Waals surface area (Å²) in [6, 6.07) is 13.8. The summed E-state index contributed by atoms with van der Waals surface area (Å²) < 4.78 is 29.0. The second-order valence-electron chi connectivity index (χ2n) is 6.80. The molecule has 0 atom stereocenters. The van der Waals surface area contributed by atoms with Crippen molar-refractivity contribution >= 4 is 37.4 Å². The monoisotopic (exact) mass is 440 g/mol. The summed E-state index contributed by atoms with van der Waals surface area (Å²) in [5, 5.41) is 14.8. The van der Waals surface area contributed by atoms with Crippen molar-refractivity contribution < 1.29 is 13.2 Å². The molecule has 0 bridgehead atoms. The predicted molar refractivity (Wildman–Crippen MR) is 111 cm³/mol. The van der Waals surface area contributed by atoms with Crippen LogP contribution < -0.4 is 5.32 Å². The fraction of sp³-hybridized carbons (Fsp3) is 0.158. The molecule has 1 N–H and O–H groups in total. The van der Waals surface area contributed by atoms with Gasteiger partial charge in [-0.3, -0.25) is 10.1 Å². The molecule has 0 saturated heterocycles. The van der Waals surface area contributed by atoms with Gasteiger partial charge >= 0.3 is 0 Å². The first-order valence-electron chi connectivity index (χ1n) is 9.16. The maximum Gasteiger partial charge on any atom is 0.257 e. The minimum absolute atomic E-state index is 0.164. The molecule has 0 spiro atoms. The van der Waals surface area contributed by atoms with Crippen LogP contribution in [0.2, 0.25) is 0 Å². The molecule has 0 aliphatic carbocycles. The molecule has 5 rings (SSSR count). The third-order valence-corrected chi connectivity index (χ3v) is 7.64. The molecule has 1 amide bonds. The lowest BCUT2D eigenvalue weighted by Gasteiger charge is -2.28. The van der Waals surface area contributed by atoms with Crippen molar-refractivity contribution in [1.82, 2.24) is 24.1 Å². The van der Waals surface area contributed by atoms with E-state index in [-0.39, 0.29) is 10.8 Å². The summed E-state index contributed by atoms with van der Waals surface area (Å²) in [7, 11) is -3.64. The highest BCUT2D eigenvalue weighted by Crippen LogP contribution is 2.25. The maximum atomic E-state index is 13.0. The van der Waals surface area contributed by atoms with Gasteiger partial charge in [0.05, 0.1) is 4.90 Å². The number of amides is 1. The van der Waals surface area contributed by atoms with E-state index in [4.69, 9.17) is 0 Å². The highest BCUT2D eigenvalue weighted by atomic mass is 32.2. The van der Waals surface area contributed by atoms with Gasteiger partial charge in [0.25, 0.3) is 5.91 Å². The number of rotatable bonds is 4. The number of fused-ring (bicyclic) bond motifs is 2. The number of benzene rings is 2. The number of nitrogens with one attached hydrogen (secondary N) is 1. The van der Waals surface area contributed by atoms with Crippen LogP contribution in [0.5, 0.6) is 0 Å². The lowest BCUT2D eigenvalue weighted by Crippen LogP contribution is -2.35. The normalized spacial score (nSPS) is 14.5. The third-order valence-electron chi connectivity index (χ3n) is 4.96. The lowest BCUT2D eigenvalue weighted by molar-refractivity contribution is 0.102. The highest BCUT2D eigenvalue weighted by molar-refractivity contribution is 7.89. The number of carbonyl (C=O) groups is 1. The molecule has 30 heavy (non-hydrogen) atoms. The molecule has 152 valence electrons. The second-order valence-corrected chi connectivity index (χ2v) is 9.70. The van der Waals surface area contributed by atoms with E-state index in [1.165, 1.54) is 56.3 Å². The average Bonchev–Trinajstić information content (AvgIpc) is 3.35. The van der Waals surface area contributed by atoms with Gasteiger partial charge in [0.15, 0.2) is 0 Å². The van der Waals surface area contributed by atoms with Crippen LogP contribution in [0.1, 0.15) is 21.5 Å². The van der Waals surface area contributed by atoms with Crippen LogP contribution in [0.4, 0.5) is 5.13 Å². The SMILES string of the molecule is O=C(Nc1nn2cnnc2s1)c1ccc(S(=O)(=O)N2CCc3ccccc3C2)cc1. The zero-order chi connectivity index (χ0) is 20.7. The highest BCUT2D eigenvalue weighted by Gasteiger charge is 2.28. The fourth-order valence-corrected chi connectivity index (χ4v) is 5.52. The number of carbonyl (C=O) groups excluding carboxylic acids is 1. The van der Waals surface area contributed by atoms with E-state index in [2.05, 4.69) is 20.6 Å². The van der Waals surface area contributed by atoms with Crippen LogP contribution in [-0.2, 0) is 23.0 Å². The molecule has 3 heterocycles. The number of hydrogen-bond donors (Lipinski definition) is 1. The van der Waals surface area contributed by atoms with Crippen molar-refractivity contribution in [1.29, 1.82) is 0 Å². The molecule has 0 fully saturated rings. The van der Waals surface area contributed by atoms with Crippen LogP contribution >= 0.6 is 11.3 Å². The van der Waals surface area contributed by atoms with Crippen LogP contribution in [0.15, 0.2) is 59.8 Å². The lowest BCUT2D eigenvalue weighted by atomic mass is 10.0. The Bertz CT molecular complexity index is 1320. The van der Waals surface area contributed by atoms with E-state index in [0.717, 1.165) is 5.56 Å². The van der Waals surface area contributed by atoms with Crippen LogP contribution in [0.3, 0.4) is 0 Å². The Morgan fingerprint density at radius 1 is 1.07 bits per heavy atom. The summed E-state index contributed by atoms with van der Waals surface area (Å²) in [6.45, 7) is 0.782. The van der Waals surface area contributed by atoms with Crippen LogP contribution in [0.25, 0.3) is 4.96 Å². The van der Waals surface area contributed by atoms with Gasteiger partial charge < -0.3 is 0 Å². The predicted octanol–water partition coefficient (Wildman–Crippen LogP) is 2.19. The smallest absolute Gasteiger partial charge is 0.257 e. The minimum Gasteiger partial charge on any atom is -0.296 e. The van der Waals surface area contributed by atoms with Crippen molar-refractivity contribution in [3.8, 4) is 0 Å². The van der Waals surface area contributed by atoms with E-state index >= 15 is 0 Å². The second kappa shape index (κ2) is 7.27. The molecule has 2 aromatic carbocycles. The Morgan fingerprint density at radius 3 is 2.60 bits per heavy atom. The Balaban J connectivity index is 1.32. The summed E-state index contributed by atoms with van der Waals surface area (Å²) in [6.07, 6.45) is 2.13. The van der Waals surface area contributed by atoms with Gasteiger partial charge in [-0.05, 0) is 41.8 Å². The van der Waals surface area contributed by atoms with E-state index in [9.17, 15) is 13.2 Å². The Hall–Kier alpha value is -3.15. The Kier molecular flexibility index (Phi) is 4.57. The number of nitrogens with zero attached hydrogens (tertiary/aromatic N) is 5. The molecule has 1 aliphatic heterocycles. The molecule has 1 aliphatic rings. The summed E-state index contributed by atoms with van der Waals surface area (Å²) in [4.78, 5) is 13.2. The molecule has 11 heteroatoms. The third kappa shape index (κ3) is 3.36. The first kappa shape index (κ1) is 18.9. The van der Waals surface area contributed by atoms with Gasteiger partial charge in [0.2, 0.25) is 20.1 Å². The van der Waals surface area contributed by atoms with Gasteiger partial charge in [-0.15, -0.1) is 15.3 Å². The van der Waals surface area contributed by atoms with Crippen molar-refractivity contribution in [2.24, 2.45) is 0 Å². The van der Waals surface area contributed by atoms with E-state index < -0.39 is 10.0 Å². The first-order chi connectivity index (χ1) is 14.5. The number of anilines is 1. The molecular weight excluding hydrogens is 424 g/mol. The molecule has 0 saturated carbocycles. The molecule has 0 radical (unpaired) electrons. The van der Waals surface area contributed by atoms with Gasteiger partial charge in [-0.2, -0.15) is 8.82 Å². The molecule has 4 aromatic rings. The van der Waals surface area contributed by atoms with Crippen molar-refractivity contribution in [2.75, 3.05) is 11.9 Å². The quantitative estimate of drug-likeness (QED) is 0.521. The van der Waals surface area contributed by atoms with Gasteiger partial charge in [0.1, 0.15) is 6.33 Å². The standard InChI is InChI=1S/C19H16N6O3S2/c26-17(21-18-23-25-12-20-22-19(25)29-18)14-5-7-16(8-6-14)30(27,28)24-10-9-13-3-1-2-4-15(13)11-24/h1-8,12H,9-11H2,(H,21,23,26). The molecule has 0 unspecified atom stereocenters. The average molecular weight is 441 g/mol. The van der Waals surface area contributed by atoms with Crippen molar-refractivity contribution in [3.05, 3.63) is 71.5 Å². The number of sulfonamides is 1. The van der Waals surface area contributed by atoms with Crippen molar-refractivity contribution in [2.45, 2.75) is 17.9 Å². The molecular formula is C19H16N6O3S2. The fourth-order valence-electron chi connectivity index (χ4n) is 3.38. The van der Waals surface area contributed by atoms with E-state index in [0.29, 0.717) is 35.2 Å². The summed E-state index contributed by atoms with van der Waals surface area (Å²) in [5.41, 5.74) is 2.54. The number of aromatic nitrogens is 4. The Morgan fingerprint density at radius 2 is 1.83 bits per heavy atom. The van der Waals surface area contributed by atoms with Gasteiger partial charge in [-0.1, -0.05) is 35.6 Å². The van der Waals surface area contributed by atoms with Crippen LogP contribution in [-0.4, -0.2) is 45.0 Å². The molecule has 2 aromatic heterocycles. The van der Waals surface area contributed by atoms with Crippen LogP contribution in [0, 0.1) is 0 Å². The Labute approximate surface area is 176 Å². The molecule has 9 nitrogen and oxygen atoms in total. The van der Waals surface area contributed by atoms with E-state index in [1.54, 1.807) is 0 Å². The first-order valence-corrected chi connectivity index (χ1v) is 11.4. The topological polar surface area (TPSA) is 110 Å². The summed E-state index contributed by atoms with van der Waals surface area (Å²) >= 11 is 1.19. The van der Waals surface area contributed by atoms with Gasteiger partial charge in [0, 0.05) is 18.7 Å².